The number of amides is 1. The van der Waals surface area contributed by atoms with E-state index in [0.717, 1.165) is 30.1 Å². The fraction of sp³-hybridized carbons (Fsp3) is 0.273. The normalized spacial score (nSPS) is 14.0. The second kappa shape index (κ2) is 8.71. The van der Waals surface area contributed by atoms with Crippen molar-refractivity contribution in [2.45, 2.75) is 26.6 Å². The molecule has 2 aromatic carbocycles. The monoisotopic (exact) mass is 411 g/mol. The molecule has 0 aliphatic carbocycles. The van der Waals surface area contributed by atoms with Crippen LogP contribution in [-0.2, 0) is 19.6 Å². The Morgan fingerprint density at radius 2 is 2.17 bits per heavy atom. The van der Waals surface area contributed by atoms with Gasteiger partial charge in [-0.15, -0.1) is 11.3 Å². The SMILES string of the molecule is Cc1ncsc1CN1CCOc2ccc(C(=O)NCc3ccccc3F)cc2C1. The summed E-state index contributed by atoms with van der Waals surface area (Å²) >= 11 is 1.66. The summed E-state index contributed by atoms with van der Waals surface area (Å²) in [5, 5.41) is 2.79. The quantitative estimate of drug-likeness (QED) is 0.692. The van der Waals surface area contributed by atoms with Gasteiger partial charge in [0.15, 0.2) is 0 Å². The first kappa shape index (κ1) is 19.5. The van der Waals surface area contributed by atoms with E-state index < -0.39 is 0 Å². The van der Waals surface area contributed by atoms with Crippen LogP contribution in [0.3, 0.4) is 0 Å². The Labute approximate surface area is 173 Å². The van der Waals surface area contributed by atoms with Gasteiger partial charge < -0.3 is 10.1 Å². The highest BCUT2D eigenvalue weighted by molar-refractivity contribution is 7.09. The predicted octanol–water partition coefficient (Wildman–Crippen LogP) is 3.92. The number of hydrogen-bond acceptors (Lipinski definition) is 5. The molecule has 150 valence electrons. The standard InChI is InChI=1S/C22H22FN3O2S/c1-15-21(29-14-25-15)13-26-8-9-28-20-7-6-16(10-18(20)12-26)22(27)24-11-17-4-2-3-5-19(17)23/h2-7,10,14H,8-9,11-13H2,1H3,(H,24,27). The molecule has 2 heterocycles. The van der Waals surface area contributed by atoms with Crippen molar-refractivity contribution in [3.8, 4) is 5.75 Å². The first-order valence-corrected chi connectivity index (χ1v) is 10.4. The predicted molar refractivity (Wildman–Crippen MR) is 110 cm³/mol. The molecule has 0 fully saturated rings. The van der Waals surface area contributed by atoms with Crippen molar-refractivity contribution >= 4 is 17.2 Å². The molecule has 0 saturated carbocycles. The van der Waals surface area contributed by atoms with Gasteiger partial charge in [0.2, 0.25) is 0 Å². The molecule has 7 heteroatoms. The minimum atomic E-state index is -0.322. The van der Waals surface area contributed by atoms with Crippen molar-refractivity contribution in [3.63, 3.8) is 0 Å². The zero-order valence-electron chi connectivity index (χ0n) is 16.2. The molecule has 0 spiro atoms. The Morgan fingerprint density at radius 1 is 1.31 bits per heavy atom. The van der Waals surface area contributed by atoms with Crippen molar-refractivity contribution in [2.24, 2.45) is 0 Å². The van der Waals surface area contributed by atoms with E-state index in [1.165, 1.54) is 10.9 Å². The lowest BCUT2D eigenvalue weighted by Crippen LogP contribution is -2.25. The van der Waals surface area contributed by atoms with Crippen LogP contribution in [0.5, 0.6) is 5.75 Å². The maximum atomic E-state index is 13.8. The molecule has 5 nitrogen and oxygen atoms in total. The van der Waals surface area contributed by atoms with Crippen molar-refractivity contribution in [2.75, 3.05) is 13.2 Å². The van der Waals surface area contributed by atoms with E-state index in [1.807, 2.05) is 24.6 Å². The third kappa shape index (κ3) is 4.63. The molecule has 0 saturated heterocycles. The van der Waals surface area contributed by atoms with Gasteiger partial charge in [0.1, 0.15) is 18.2 Å². The number of aryl methyl sites for hydroxylation is 1. The lowest BCUT2D eigenvalue weighted by atomic mass is 10.1. The topological polar surface area (TPSA) is 54.5 Å². The summed E-state index contributed by atoms with van der Waals surface area (Å²) < 4.78 is 19.6. The van der Waals surface area contributed by atoms with E-state index in [2.05, 4.69) is 15.2 Å². The van der Waals surface area contributed by atoms with Crippen LogP contribution in [0, 0.1) is 12.7 Å². The van der Waals surface area contributed by atoms with E-state index in [1.54, 1.807) is 35.6 Å². The third-order valence-corrected chi connectivity index (χ3v) is 5.91. The molecular formula is C22H22FN3O2S. The molecule has 0 bridgehead atoms. The van der Waals surface area contributed by atoms with Gasteiger partial charge in [-0.1, -0.05) is 18.2 Å². The summed E-state index contributed by atoms with van der Waals surface area (Å²) in [6.07, 6.45) is 0. The number of fused-ring (bicyclic) bond motifs is 1. The average Bonchev–Trinajstić information content (AvgIpc) is 3.01. The number of nitrogens with zero attached hydrogens (tertiary/aromatic N) is 2. The molecule has 1 aromatic heterocycles. The molecule has 1 amide bonds. The number of halogens is 1. The highest BCUT2D eigenvalue weighted by atomic mass is 32.1. The Hall–Kier alpha value is -2.77. The average molecular weight is 412 g/mol. The zero-order valence-corrected chi connectivity index (χ0v) is 17.0. The first-order valence-electron chi connectivity index (χ1n) is 9.49. The van der Waals surface area contributed by atoms with Crippen LogP contribution in [0.25, 0.3) is 0 Å². The Morgan fingerprint density at radius 3 is 2.97 bits per heavy atom. The number of thiazole rings is 1. The van der Waals surface area contributed by atoms with E-state index in [0.29, 0.717) is 24.3 Å². The minimum absolute atomic E-state index is 0.149. The van der Waals surface area contributed by atoms with Crippen molar-refractivity contribution < 1.29 is 13.9 Å². The van der Waals surface area contributed by atoms with Gasteiger partial charge in [-0.25, -0.2) is 9.37 Å². The number of rotatable bonds is 5. The maximum absolute atomic E-state index is 13.8. The molecule has 1 aliphatic heterocycles. The number of hydrogen-bond donors (Lipinski definition) is 1. The molecule has 4 rings (SSSR count). The molecule has 1 N–H and O–H groups in total. The Bertz CT molecular complexity index is 1020. The molecule has 0 unspecified atom stereocenters. The largest absolute Gasteiger partial charge is 0.492 e. The Balaban J connectivity index is 1.46. The summed E-state index contributed by atoms with van der Waals surface area (Å²) in [5.41, 5.74) is 4.90. The van der Waals surface area contributed by atoms with Crippen LogP contribution in [0.2, 0.25) is 0 Å². The van der Waals surface area contributed by atoms with Crippen LogP contribution in [0.15, 0.2) is 48.0 Å². The maximum Gasteiger partial charge on any atom is 0.251 e. The lowest BCUT2D eigenvalue weighted by Gasteiger charge is -2.18. The van der Waals surface area contributed by atoms with Crippen LogP contribution < -0.4 is 10.1 Å². The third-order valence-electron chi connectivity index (χ3n) is 4.99. The number of ether oxygens (including phenoxy) is 1. The molecule has 3 aromatic rings. The van der Waals surface area contributed by atoms with Gasteiger partial charge in [0.05, 0.1) is 11.2 Å². The number of carbonyl (C=O) groups excluding carboxylic acids is 1. The summed E-state index contributed by atoms with van der Waals surface area (Å²) in [6, 6.07) is 11.9. The molecule has 1 aliphatic rings. The molecule has 29 heavy (non-hydrogen) atoms. The summed E-state index contributed by atoms with van der Waals surface area (Å²) in [4.78, 5) is 20.5. The van der Waals surface area contributed by atoms with Crippen molar-refractivity contribution in [1.29, 1.82) is 0 Å². The Kier molecular flexibility index (Phi) is 5.87. The van der Waals surface area contributed by atoms with E-state index in [9.17, 15) is 9.18 Å². The zero-order chi connectivity index (χ0) is 20.2. The fourth-order valence-corrected chi connectivity index (χ4v) is 4.14. The summed E-state index contributed by atoms with van der Waals surface area (Å²) in [7, 11) is 0. The van der Waals surface area contributed by atoms with E-state index in [4.69, 9.17) is 4.74 Å². The van der Waals surface area contributed by atoms with Crippen LogP contribution >= 0.6 is 11.3 Å². The molecular weight excluding hydrogens is 389 g/mol. The number of nitrogens with one attached hydrogen (secondary N) is 1. The van der Waals surface area contributed by atoms with Crippen LogP contribution in [0.1, 0.15) is 32.1 Å². The number of aromatic nitrogens is 1. The summed E-state index contributed by atoms with van der Waals surface area (Å²) in [5.74, 6) is 0.251. The smallest absolute Gasteiger partial charge is 0.251 e. The summed E-state index contributed by atoms with van der Waals surface area (Å²) in [6.45, 7) is 5.08. The second-order valence-electron chi connectivity index (χ2n) is 7.02. The van der Waals surface area contributed by atoms with Gasteiger partial charge in [-0.3, -0.25) is 9.69 Å². The first-order chi connectivity index (χ1) is 14.1. The van der Waals surface area contributed by atoms with Gasteiger partial charge in [-0.05, 0) is 31.2 Å². The van der Waals surface area contributed by atoms with E-state index in [-0.39, 0.29) is 18.3 Å². The van der Waals surface area contributed by atoms with Gasteiger partial charge in [-0.2, -0.15) is 0 Å². The van der Waals surface area contributed by atoms with Gasteiger partial charge >= 0.3 is 0 Å². The highest BCUT2D eigenvalue weighted by Crippen LogP contribution is 2.26. The minimum Gasteiger partial charge on any atom is -0.492 e. The number of benzene rings is 2. The van der Waals surface area contributed by atoms with Crippen molar-refractivity contribution in [1.82, 2.24) is 15.2 Å². The second-order valence-corrected chi connectivity index (χ2v) is 7.96. The lowest BCUT2D eigenvalue weighted by molar-refractivity contribution is 0.0950. The van der Waals surface area contributed by atoms with Crippen molar-refractivity contribution in [3.05, 3.63) is 81.1 Å². The van der Waals surface area contributed by atoms with E-state index >= 15 is 0 Å². The van der Waals surface area contributed by atoms with Crippen LogP contribution in [0.4, 0.5) is 4.39 Å². The number of carbonyl (C=O) groups is 1. The van der Waals surface area contributed by atoms with Crippen LogP contribution in [-0.4, -0.2) is 28.9 Å². The van der Waals surface area contributed by atoms with Gasteiger partial charge in [0.25, 0.3) is 5.91 Å². The molecule has 0 radical (unpaired) electrons. The highest BCUT2D eigenvalue weighted by Gasteiger charge is 2.19. The fourth-order valence-electron chi connectivity index (χ4n) is 3.33. The van der Waals surface area contributed by atoms with Gasteiger partial charge in [0, 0.05) is 47.7 Å². The molecule has 0 atom stereocenters.